The maximum absolute atomic E-state index is 11.6. The smallest absolute Gasteiger partial charge is 0.265 e. The largest absolute Gasteiger partial charge is 0.479 e. The summed E-state index contributed by atoms with van der Waals surface area (Å²) in [6.45, 7) is 1.68. The van der Waals surface area contributed by atoms with Crippen LogP contribution in [0.15, 0.2) is 23.6 Å². The van der Waals surface area contributed by atoms with Crippen LogP contribution in [-0.2, 0) is 14.8 Å². The predicted octanol–water partition coefficient (Wildman–Crippen LogP) is 1.90. The number of sulfonamides is 1. The first-order valence-electron chi connectivity index (χ1n) is 6.37. The highest BCUT2D eigenvalue weighted by Crippen LogP contribution is 2.34. The number of ether oxygens (including phenoxy) is 1. The second kappa shape index (κ2) is 5.25. The van der Waals surface area contributed by atoms with Gasteiger partial charge in [0.05, 0.1) is 17.6 Å². The van der Waals surface area contributed by atoms with Crippen molar-refractivity contribution in [1.82, 2.24) is 4.98 Å². The number of carbonyl (C=O) groups excluding carboxylic acids is 1. The fourth-order valence-corrected chi connectivity index (χ4v) is 3.55. The van der Waals surface area contributed by atoms with Gasteiger partial charge in [0, 0.05) is 10.9 Å². The SMILES string of the molecule is C[C@H]1Oc2ccc(-c3csc(NS(C)(=O)=O)n3)cc2NC1=O. The van der Waals surface area contributed by atoms with E-state index in [2.05, 4.69) is 15.0 Å². The molecule has 1 aliphatic rings. The lowest BCUT2D eigenvalue weighted by molar-refractivity contribution is -0.122. The van der Waals surface area contributed by atoms with Gasteiger partial charge >= 0.3 is 0 Å². The van der Waals surface area contributed by atoms with Gasteiger partial charge in [-0.3, -0.25) is 9.52 Å². The summed E-state index contributed by atoms with van der Waals surface area (Å²) in [6.07, 6.45) is 0.546. The maximum Gasteiger partial charge on any atom is 0.265 e. The average molecular weight is 339 g/mol. The van der Waals surface area contributed by atoms with Crippen LogP contribution in [-0.4, -0.2) is 31.7 Å². The van der Waals surface area contributed by atoms with Crippen LogP contribution in [0.4, 0.5) is 10.8 Å². The average Bonchev–Trinajstić information content (AvgIpc) is 2.86. The molecule has 1 aromatic heterocycles. The molecule has 0 bridgehead atoms. The summed E-state index contributed by atoms with van der Waals surface area (Å²) in [5.74, 6) is 0.392. The Morgan fingerprint density at radius 3 is 2.91 bits per heavy atom. The lowest BCUT2D eigenvalue weighted by Crippen LogP contribution is -2.34. The molecule has 1 aromatic carbocycles. The molecule has 2 N–H and O–H groups in total. The number of aromatic nitrogens is 1. The summed E-state index contributed by atoms with van der Waals surface area (Å²) in [5, 5.41) is 4.80. The van der Waals surface area contributed by atoms with Crippen LogP contribution in [0.5, 0.6) is 5.75 Å². The molecular weight excluding hydrogens is 326 g/mol. The van der Waals surface area contributed by atoms with Crippen molar-refractivity contribution in [1.29, 1.82) is 0 Å². The van der Waals surface area contributed by atoms with Gasteiger partial charge in [0.1, 0.15) is 5.75 Å². The number of benzene rings is 1. The van der Waals surface area contributed by atoms with Crippen molar-refractivity contribution < 1.29 is 17.9 Å². The highest BCUT2D eigenvalue weighted by atomic mass is 32.2. The van der Waals surface area contributed by atoms with Crippen LogP contribution < -0.4 is 14.8 Å². The lowest BCUT2D eigenvalue weighted by Gasteiger charge is -2.23. The Balaban J connectivity index is 1.90. The molecule has 2 heterocycles. The van der Waals surface area contributed by atoms with E-state index >= 15 is 0 Å². The normalized spacial score (nSPS) is 17.4. The number of amides is 1. The fraction of sp³-hybridized carbons (Fsp3) is 0.231. The zero-order valence-corrected chi connectivity index (χ0v) is 13.4. The molecule has 22 heavy (non-hydrogen) atoms. The first kappa shape index (κ1) is 14.8. The molecule has 1 amide bonds. The number of fused-ring (bicyclic) bond motifs is 1. The minimum atomic E-state index is -3.35. The van der Waals surface area contributed by atoms with Gasteiger partial charge in [0.25, 0.3) is 5.91 Å². The molecule has 0 saturated carbocycles. The van der Waals surface area contributed by atoms with Gasteiger partial charge in [0.15, 0.2) is 11.2 Å². The summed E-state index contributed by atoms with van der Waals surface area (Å²) < 4.78 is 30.2. The molecule has 0 spiro atoms. The number of rotatable bonds is 3. The fourth-order valence-electron chi connectivity index (χ4n) is 1.98. The topological polar surface area (TPSA) is 97.4 Å². The summed E-state index contributed by atoms with van der Waals surface area (Å²) >= 11 is 1.19. The summed E-state index contributed by atoms with van der Waals surface area (Å²) in [4.78, 5) is 15.9. The Morgan fingerprint density at radius 1 is 1.41 bits per heavy atom. The first-order valence-corrected chi connectivity index (χ1v) is 9.14. The predicted molar refractivity (Wildman–Crippen MR) is 84.7 cm³/mol. The molecular formula is C13H13N3O4S2. The van der Waals surface area contributed by atoms with E-state index in [0.717, 1.165) is 11.8 Å². The summed E-state index contributed by atoms with van der Waals surface area (Å²) in [7, 11) is -3.35. The van der Waals surface area contributed by atoms with E-state index in [9.17, 15) is 13.2 Å². The summed E-state index contributed by atoms with van der Waals surface area (Å²) in [6, 6.07) is 5.31. The highest BCUT2D eigenvalue weighted by Gasteiger charge is 2.23. The Hall–Kier alpha value is -2.13. The molecule has 0 radical (unpaired) electrons. The Labute approximate surface area is 131 Å². The number of nitrogens with zero attached hydrogens (tertiary/aromatic N) is 1. The van der Waals surface area contributed by atoms with E-state index in [0.29, 0.717) is 22.3 Å². The van der Waals surface area contributed by atoms with Gasteiger partial charge in [0.2, 0.25) is 10.0 Å². The molecule has 0 unspecified atom stereocenters. The molecule has 0 aliphatic carbocycles. The van der Waals surface area contributed by atoms with Crippen LogP contribution >= 0.6 is 11.3 Å². The van der Waals surface area contributed by atoms with Crippen molar-refractivity contribution in [2.24, 2.45) is 0 Å². The number of hydrogen-bond donors (Lipinski definition) is 2. The molecule has 3 rings (SSSR count). The third-order valence-corrected chi connectivity index (χ3v) is 4.43. The Bertz CT molecular complexity index is 845. The van der Waals surface area contributed by atoms with Gasteiger partial charge in [-0.25, -0.2) is 13.4 Å². The molecule has 9 heteroatoms. The molecule has 7 nitrogen and oxygen atoms in total. The molecule has 116 valence electrons. The van der Waals surface area contributed by atoms with Gasteiger partial charge in [-0.05, 0) is 25.1 Å². The highest BCUT2D eigenvalue weighted by molar-refractivity contribution is 7.92. The molecule has 1 aliphatic heterocycles. The van der Waals surface area contributed by atoms with E-state index in [1.807, 2.05) is 6.07 Å². The minimum Gasteiger partial charge on any atom is -0.479 e. The van der Waals surface area contributed by atoms with E-state index in [1.165, 1.54) is 11.3 Å². The zero-order valence-electron chi connectivity index (χ0n) is 11.8. The van der Waals surface area contributed by atoms with Crippen LogP contribution in [0, 0.1) is 0 Å². The van der Waals surface area contributed by atoms with Crippen LogP contribution in [0.25, 0.3) is 11.3 Å². The van der Waals surface area contributed by atoms with Gasteiger partial charge in [-0.1, -0.05) is 0 Å². The number of nitrogens with one attached hydrogen (secondary N) is 2. The lowest BCUT2D eigenvalue weighted by atomic mass is 10.1. The van der Waals surface area contributed by atoms with Gasteiger partial charge in [-0.15, -0.1) is 11.3 Å². The van der Waals surface area contributed by atoms with Crippen molar-refractivity contribution in [3.8, 4) is 17.0 Å². The monoisotopic (exact) mass is 339 g/mol. The molecule has 2 aromatic rings. The Morgan fingerprint density at radius 2 is 2.18 bits per heavy atom. The molecule has 0 fully saturated rings. The number of anilines is 2. The first-order chi connectivity index (χ1) is 10.3. The zero-order chi connectivity index (χ0) is 15.9. The van der Waals surface area contributed by atoms with Crippen molar-refractivity contribution in [2.75, 3.05) is 16.3 Å². The molecule has 0 saturated heterocycles. The second-order valence-electron chi connectivity index (χ2n) is 4.87. The van der Waals surface area contributed by atoms with Crippen LogP contribution in [0.3, 0.4) is 0 Å². The molecule has 1 atom stereocenters. The van der Waals surface area contributed by atoms with Crippen LogP contribution in [0.1, 0.15) is 6.92 Å². The van der Waals surface area contributed by atoms with Gasteiger partial charge < -0.3 is 10.1 Å². The Kier molecular flexibility index (Phi) is 3.53. The minimum absolute atomic E-state index is 0.206. The van der Waals surface area contributed by atoms with Crippen molar-refractivity contribution >= 4 is 38.1 Å². The third kappa shape index (κ3) is 3.04. The van der Waals surface area contributed by atoms with E-state index in [-0.39, 0.29) is 5.91 Å². The quantitative estimate of drug-likeness (QED) is 0.890. The number of carbonyl (C=O) groups is 1. The van der Waals surface area contributed by atoms with E-state index in [1.54, 1.807) is 24.4 Å². The standard InChI is InChI=1S/C13H13N3O4S2/c1-7-12(17)14-9-5-8(3-4-11(9)20-7)10-6-21-13(15-10)16-22(2,18)19/h3-7H,1-2H3,(H,14,17)(H,15,16)/t7-/m1/s1. The van der Waals surface area contributed by atoms with E-state index < -0.39 is 16.1 Å². The van der Waals surface area contributed by atoms with Crippen molar-refractivity contribution in [3.05, 3.63) is 23.6 Å². The maximum atomic E-state index is 11.6. The van der Waals surface area contributed by atoms with Gasteiger partial charge in [-0.2, -0.15) is 0 Å². The van der Waals surface area contributed by atoms with Crippen molar-refractivity contribution in [2.45, 2.75) is 13.0 Å². The second-order valence-corrected chi connectivity index (χ2v) is 7.48. The third-order valence-electron chi connectivity index (χ3n) is 2.98. The number of thiazole rings is 1. The van der Waals surface area contributed by atoms with E-state index in [4.69, 9.17) is 4.74 Å². The van der Waals surface area contributed by atoms with Crippen LogP contribution in [0.2, 0.25) is 0 Å². The summed E-state index contributed by atoms with van der Waals surface area (Å²) in [5.41, 5.74) is 1.95. The number of hydrogen-bond acceptors (Lipinski definition) is 6. The van der Waals surface area contributed by atoms with Crippen molar-refractivity contribution in [3.63, 3.8) is 0 Å².